The Hall–Kier alpha value is -1.82. The maximum Gasteiger partial charge on any atom is -0.0154 e. The third-order valence-corrected chi connectivity index (χ3v) is 2.40. The predicted octanol–water partition coefficient (Wildman–Crippen LogP) is 3.94. The average molecular weight is 193 g/mol. The summed E-state index contributed by atoms with van der Waals surface area (Å²) in [5.74, 6) is 0. The fourth-order valence-corrected chi connectivity index (χ4v) is 1.68. The van der Waals surface area contributed by atoms with Crippen LogP contribution in [0.5, 0.6) is 0 Å². The molecular weight excluding hydrogens is 180 g/mol. The van der Waals surface area contributed by atoms with E-state index in [-0.39, 0.29) is 0 Å². The second-order valence-electron chi connectivity index (χ2n) is 3.36. The summed E-state index contributed by atoms with van der Waals surface area (Å²) in [4.78, 5) is 0. The Morgan fingerprint density at radius 2 is 1.53 bits per heavy atom. The molecule has 0 N–H and O–H groups in total. The van der Waals surface area contributed by atoms with Gasteiger partial charge in [0.15, 0.2) is 0 Å². The van der Waals surface area contributed by atoms with Crippen LogP contribution in [0, 0.1) is 6.07 Å². The summed E-state index contributed by atoms with van der Waals surface area (Å²) in [5.41, 5.74) is 3.76. The van der Waals surface area contributed by atoms with Gasteiger partial charge in [-0.15, -0.1) is 0 Å². The zero-order chi connectivity index (χ0) is 10.5. The van der Waals surface area contributed by atoms with E-state index in [4.69, 9.17) is 0 Å². The van der Waals surface area contributed by atoms with E-state index in [1.54, 1.807) is 0 Å². The van der Waals surface area contributed by atoms with Gasteiger partial charge < -0.3 is 0 Å². The topological polar surface area (TPSA) is 0 Å². The minimum absolute atomic E-state index is 1.24. The van der Waals surface area contributed by atoms with Gasteiger partial charge in [-0.25, -0.2) is 0 Å². The van der Waals surface area contributed by atoms with Crippen LogP contribution in [0.25, 0.3) is 5.57 Å². The minimum Gasteiger partial charge on any atom is -0.0792 e. The summed E-state index contributed by atoms with van der Waals surface area (Å²) in [6.45, 7) is 2.07. The van der Waals surface area contributed by atoms with Crippen molar-refractivity contribution in [1.29, 1.82) is 0 Å². The first-order valence-corrected chi connectivity index (χ1v) is 5.10. The minimum atomic E-state index is 1.24. The van der Waals surface area contributed by atoms with Gasteiger partial charge in [0.1, 0.15) is 0 Å². The van der Waals surface area contributed by atoms with Gasteiger partial charge in [0, 0.05) is 0 Å². The normalized spacial score (nSPS) is 11.4. The van der Waals surface area contributed by atoms with Crippen LogP contribution in [0.1, 0.15) is 18.1 Å². The molecule has 0 saturated carbocycles. The molecule has 0 saturated heterocycles. The zero-order valence-corrected chi connectivity index (χ0v) is 8.77. The molecule has 0 aliphatic heterocycles. The second kappa shape index (κ2) is 4.61. The van der Waals surface area contributed by atoms with Crippen LogP contribution in [-0.2, 0) is 0 Å². The lowest BCUT2D eigenvalue weighted by molar-refractivity contribution is 1.52. The summed E-state index contributed by atoms with van der Waals surface area (Å²) < 4.78 is 0. The fraction of sp³-hybridized carbons (Fsp3) is 0.0667. The smallest absolute Gasteiger partial charge is 0.0154 e. The van der Waals surface area contributed by atoms with Crippen molar-refractivity contribution in [3.05, 3.63) is 77.9 Å². The molecule has 0 amide bonds. The molecule has 0 nitrogen and oxygen atoms in total. The Labute approximate surface area is 90.9 Å². The average Bonchev–Trinajstić information content (AvgIpc) is 2.33. The van der Waals surface area contributed by atoms with E-state index in [1.165, 1.54) is 16.7 Å². The van der Waals surface area contributed by atoms with E-state index < -0.39 is 0 Å². The monoisotopic (exact) mass is 193 g/mol. The van der Waals surface area contributed by atoms with Gasteiger partial charge in [-0.3, -0.25) is 0 Å². The summed E-state index contributed by atoms with van der Waals surface area (Å²) in [6, 6.07) is 21.5. The van der Waals surface area contributed by atoms with E-state index >= 15 is 0 Å². The van der Waals surface area contributed by atoms with E-state index in [9.17, 15) is 0 Å². The van der Waals surface area contributed by atoms with Crippen LogP contribution in [-0.4, -0.2) is 0 Å². The number of allylic oxidation sites excluding steroid dienone is 1. The van der Waals surface area contributed by atoms with Crippen LogP contribution >= 0.6 is 0 Å². The molecule has 1 radical (unpaired) electrons. The SMILES string of the molecule is C/C=C(/c1cc[c]cc1)c1ccccc1. The summed E-state index contributed by atoms with van der Waals surface area (Å²) in [7, 11) is 0. The van der Waals surface area contributed by atoms with Crippen molar-refractivity contribution >= 4 is 5.57 Å². The highest BCUT2D eigenvalue weighted by Gasteiger charge is 2.01. The molecular formula is C15H13. The molecule has 0 spiro atoms. The first kappa shape index (κ1) is 9.72. The van der Waals surface area contributed by atoms with Gasteiger partial charge in [-0.1, -0.05) is 60.7 Å². The molecule has 0 aliphatic carbocycles. The highest BCUT2D eigenvalue weighted by molar-refractivity contribution is 5.79. The first-order chi connectivity index (χ1) is 7.42. The van der Waals surface area contributed by atoms with Gasteiger partial charge in [0.2, 0.25) is 0 Å². The number of hydrogen-bond donors (Lipinski definition) is 0. The van der Waals surface area contributed by atoms with Gasteiger partial charge in [-0.05, 0) is 29.7 Å². The zero-order valence-electron chi connectivity index (χ0n) is 8.77. The summed E-state index contributed by atoms with van der Waals surface area (Å²) in [6.07, 6.45) is 2.14. The molecule has 0 fully saturated rings. The van der Waals surface area contributed by atoms with Crippen molar-refractivity contribution in [3.63, 3.8) is 0 Å². The first-order valence-electron chi connectivity index (χ1n) is 5.10. The molecule has 2 rings (SSSR count). The maximum absolute atomic E-state index is 3.04. The van der Waals surface area contributed by atoms with E-state index in [1.807, 2.05) is 18.2 Å². The third-order valence-electron chi connectivity index (χ3n) is 2.40. The van der Waals surface area contributed by atoms with E-state index in [0.29, 0.717) is 0 Å². The maximum atomic E-state index is 3.04. The van der Waals surface area contributed by atoms with E-state index in [2.05, 4.69) is 55.5 Å². The quantitative estimate of drug-likeness (QED) is 0.677. The standard InChI is InChI=1S/C15H13/c1-2-15(13-9-5-3-6-10-13)14-11-7-4-8-12-14/h2-3,5-12H,1H3/b15-2+. The Morgan fingerprint density at radius 3 is 2.13 bits per heavy atom. The molecule has 15 heavy (non-hydrogen) atoms. The molecule has 2 aromatic carbocycles. The van der Waals surface area contributed by atoms with Crippen molar-refractivity contribution in [2.24, 2.45) is 0 Å². The van der Waals surface area contributed by atoms with Gasteiger partial charge in [0.05, 0.1) is 0 Å². The Kier molecular flexibility index (Phi) is 2.99. The van der Waals surface area contributed by atoms with Crippen molar-refractivity contribution < 1.29 is 0 Å². The van der Waals surface area contributed by atoms with Crippen LogP contribution < -0.4 is 0 Å². The van der Waals surface area contributed by atoms with Gasteiger partial charge in [0.25, 0.3) is 0 Å². The Balaban J connectivity index is 2.44. The molecule has 0 heteroatoms. The largest absolute Gasteiger partial charge is 0.0792 e. The highest BCUT2D eigenvalue weighted by atomic mass is 14.1. The number of benzene rings is 2. The molecule has 0 aliphatic rings. The highest BCUT2D eigenvalue weighted by Crippen LogP contribution is 2.22. The lowest BCUT2D eigenvalue weighted by Crippen LogP contribution is -1.86. The predicted molar refractivity (Wildman–Crippen MR) is 64.5 cm³/mol. The van der Waals surface area contributed by atoms with Crippen LogP contribution in [0.4, 0.5) is 0 Å². The molecule has 0 unspecified atom stereocenters. The van der Waals surface area contributed by atoms with Crippen molar-refractivity contribution in [1.82, 2.24) is 0 Å². The van der Waals surface area contributed by atoms with E-state index in [0.717, 1.165) is 0 Å². The molecule has 0 atom stereocenters. The molecule has 73 valence electrons. The fourth-order valence-electron chi connectivity index (χ4n) is 1.68. The molecule has 2 aromatic rings. The summed E-state index contributed by atoms with van der Waals surface area (Å²) in [5, 5.41) is 0. The molecule has 0 aromatic heterocycles. The third kappa shape index (κ3) is 2.16. The lowest BCUT2D eigenvalue weighted by atomic mass is 9.98. The Bertz CT molecular complexity index is 396. The summed E-state index contributed by atoms with van der Waals surface area (Å²) >= 11 is 0. The molecule has 0 bridgehead atoms. The van der Waals surface area contributed by atoms with Crippen molar-refractivity contribution in [2.75, 3.05) is 0 Å². The number of rotatable bonds is 2. The second-order valence-corrected chi connectivity index (χ2v) is 3.36. The van der Waals surface area contributed by atoms with Gasteiger partial charge >= 0.3 is 0 Å². The Morgan fingerprint density at radius 1 is 0.933 bits per heavy atom. The van der Waals surface area contributed by atoms with Gasteiger partial charge in [-0.2, -0.15) is 0 Å². The number of hydrogen-bond acceptors (Lipinski definition) is 0. The van der Waals surface area contributed by atoms with Crippen LogP contribution in [0.15, 0.2) is 60.7 Å². The van der Waals surface area contributed by atoms with Crippen LogP contribution in [0.2, 0.25) is 0 Å². The lowest BCUT2D eigenvalue weighted by Gasteiger charge is -2.06. The van der Waals surface area contributed by atoms with Crippen LogP contribution in [0.3, 0.4) is 0 Å². The molecule has 0 heterocycles. The van der Waals surface area contributed by atoms with Crippen molar-refractivity contribution in [2.45, 2.75) is 6.92 Å². The van der Waals surface area contributed by atoms with Crippen molar-refractivity contribution in [3.8, 4) is 0 Å².